The van der Waals surface area contributed by atoms with E-state index in [2.05, 4.69) is 10.0 Å². The number of rotatable bonds is 7. The van der Waals surface area contributed by atoms with Crippen LogP contribution in [0.3, 0.4) is 0 Å². The van der Waals surface area contributed by atoms with E-state index >= 15 is 0 Å². The van der Waals surface area contributed by atoms with E-state index in [-0.39, 0.29) is 33.1 Å². The van der Waals surface area contributed by atoms with Gasteiger partial charge in [-0.25, -0.2) is 8.42 Å². The second kappa shape index (κ2) is 9.32. The largest absolute Gasteiger partial charge is 0.345 e. The molecule has 0 saturated carbocycles. The number of benzene rings is 3. The number of carbonyl (C=O) groups excluding carboxylic acids is 1. The lowest BCUT2D eigenvalue weighted by atomic mass is 10.0. The first-order valence-corrected chi connectivity index (χ1v) is 11.4. The SMILES string of the molecule is CC[C@H](NC(=O)c1cc(NS(=O)(=O)c2ccc(C)cc2)ccc1Cl)c1ccccc1. The summed E-state index contributed by atoms with van der Waals surface area (Å²) in [4.78, 5) is 13.0. The monoisotopic (exact) mass is 442 g/mol. The molecular formula is C23H23ClN2O3S. The molecule has 1 atom stereocenters. The number of nitrogens with one attached hydrogen (secondary N) is 2. The third-order valence-electron chi connectivity index (χ3n) is 4.71. The van der Waals surface area contributed by atoms with Crippen LogP contribution in [0.2, 0.25) is 5.02 Å². The van der Waals surface area contributed by atoms with Gasteiger partial charge in [-0.2, -0.15) is 0 Å². The number of amides is 1. The van der Waals surface area contributed by atoms with E-state index in [1.165, 1.54) is 30.3 Å². The molecule has 156 valence electrons. The van der Waals surface area contributed by atoms with Gasteiger partial charge in [0.2, 0.25) is 0 Å². The Kier molecular flexibility index (Phi) is 6.80. The number of sulfonamides is 1. The summed E-state index contributed by atoms with van der Waals surface area (Å²) >= 11 is 6.23. The Balaban J connectivity index is 1.82. The van der Waals surface area contributed by atoms with Gasteiger partial charge in [0.1, 0.15) is 0 Å². The molecule has 0 unspecified atom stereocenters. The lowest BCUT2D eigenvalue weighted by Gasteiger charge is -2.18. The minimum absolute atomic E-state index is 0.143. The van der Waals surface area contributed by atoms with Gasteiger partial charge >= 0.3 is 0 Å². The van der Waals surface area contributed by atoms with Crippen LogP contribution in [0.15, 0.2) is 77.7 Å². The summed E-state index contributed by atoms with van der Waals surface area (Å²) in [5.41, 5.74) is 2.41. The zero-order chi connectivity index (χ0) is 21.7. The van der Waals surface area contributed by atoms with Crippen molar-refractivity contribution >= 4 is 33.2 Å². The predicted molar refractivity (Wildman–Crippen MR) is 120 cm³/mol. The van der Waals surface area contributed by atoms with E-state index in [1.54, 1.807) is 12.1 Å². The Bertz CT molecular complexity index is 1130. The molecule has 3 aromatic carbocycles. The van der Waals surface area contributed by atoms with Gasteiger partial charge in [-0.3, -0.25) is 9.52 Å². The van der Waals surface area contributed by atoms with E-state index in [4.69, 9.17) is 11.6 Å². The molecule has 0 radical (unpaired) electrons. The number of halogens is 1. The van der Waals surface area contributed by atoms with Crippen LogP contribution in [0.1, 0.15) is 40.9 Å². The minimum atomic E-state index is -3.78. The van der Waals surface area contributed by atoms with Crippen molar-refractivity contribution in [2.75, 3.05) is 4.72 Å². The number of hydrogen-bond donors (Lipinski definition) is 2. The minimum Gasteiger partial charge on any atom is -0.345 e. The Hall–Kier alpha value is -2.83. The van der Waals surface area contributed by atoms with Crippen molar-refractivity contribution in [3.05, 3.63) is 94.5 Å². The molecule has 0 aromatic heterocycles. The number of aryl methyl sites for hydroxylation is 1. The van der Waals surface area contributed by atoms with Crippen molar-refractivity contribution in [1.29, 1.82) is 0 Å². The van der Waals surface area contributed by atoms with E-state index in [0.717, 1.165) is 11.1 Å². The molecule has 2 N–H and O–H groups in total. The molecule has 0 bridgehead atoms. The molecule has 0 aliphatic rings. The highest BCUT2D eigenvalue weighted by molar-refractivity contribution is 7.92. The summed E-state index contributed by atoms with van der Waals surface area (Å²) in [7, 11) is -3.78. The summed E-state index contributed by atoms with van der Waals surface area (Å²) in [5.74, 6) is -0.368. The third kappa shape index (κ3) is 5.20. The molecule has 30 heavy (non-hydrogen) atoms. The molecule has 7 heteroatoms. The Morgan fingerprint density at radius 3 is 2.30 bits per heavy atom. The number of carbonyl (C=O) groups is 1. The van der Waals surface area contributed by atoms with Crippen molar-refractivity contribution in [3.63, 3.8) is 0 Å². The lowest BCUT2D eigenvalue weighted by molar-refractivity contribution is 0.0935. The highest BCUT2D eigenvalue weighted by atomic mass is 35.5. The van der Waals surface area contributed by atoms with Crippen LogP contribution in [-0.2, 0) is 10.0 Å². The smallest absolute Gasteiger partial charge is 0.261 e. The molecule has 5 nitrogen and oxygen atoms in total. The fourth-order valence-corrected chi connectivity index (χ4v) is 4.29. The van der Waals surface area contributed by atoms with Gasteiger partial charge in [-0.15, -0.1) is 0 Å². The van der Waals surface area contributed by atoms with Gasteiger partial charge in [0.15, 0.2) is 0 Å². The zero-order valence-electron chi connectivity index (χ0n) is 16.7. The maximum absolute atomic E-state index is 12.9. The Labute approximate surface area is 182 Å². The highest BCUT2D eigenvalue weighted by Crippen LogP contribution is 2.25. The summed E-state index contributed by atoms with van der Waals surface area (Å²) in [5, 5.41) is 3.21. The molecule has 0 fully saturated rings. The van der Waals surface area contributed by atoms with Gasteiger partial charge in [-0.05, 0) is 49.2 Å². The standard InChI is InChI=1S/C23H23ClN2O3S/c1-3-22(17-7-5-4-6-8-17)25-23(27)20-15-18(11-14-21(20)24)26-30(28,29)19-12-9-16(2)10-13-19/h4-15,22,26H,3H2,1-2H3,(H,25,27)/t22-/m0/s1. The number of anilines is 1. The van der Waals surface area contributed by atoms with E-state index < -0.39 is 10.0 Å². The highest BCUT2D eigenvalue weighted by Gasteiger charge is 2.19. The van der Waals surface area contributed by atoms with Gasteiger partial charge in [0, 0.05) is 5.69 Å². The molecule has 0 saturated heterocycles. The fourth-order valence-electron chi connectivity index (χ4n) is 3.04. The van der Waals surface area contributed by atoms with Gasteiger partial charge < -0.3 is 5.32 Å². The summed E-state index contributed by atoms with van der Waals surface area (Å²) in [6, 6.07) is 20.5. The van der Waals surface area contributed by atoms with Crippen molar-refractivity contribution in [2.24, 2.45) is 0 Å². The van der Waals surface area contributed by atoms with Crippen molar-refractivity contribution < 1.29 is 13.2 Å². The second-order valence-corrected chi connectivity index (χ2v) is 9.05. The lowest BCUT2D eigenvalue weighted by Crippen LogP contribution is -2.28. The van der Waals surface area contributed by atoms with Crippen LogP contribution in [0.4, 0.5) is 5.69 Å². The quantitative estimate of drug-likeness (QED) is 0.519. The molecule has 0 heterocycles. The van der Waals surface area contributed by atoms with Gasteiger partial charge in [-0.1, -0.05) is 66.6 Å². The van der Waals surface area contributed by atoms with E-state index in [1.807, 2.05) is 44.2 Å². The number of hydrogen-bond acceptors (Lipinski definition) is 3. The first-order chi connectivity index (χ1) is 14.3. The summed E-state index contributed by atoms with van der Waals surface area (Å²) < 4.78 is 27.8. The van der Waals surface area contributed by atoms with E-state index in [9.17, 15) is 13.2 Å². The molecule has 0 aliphatic carbocycles. The zero-order valence-corrected chi connectivity index (χ0v) is 18.3. The van der Waals surface area contributed by atoms with Crippen molar-refractivity contribution in [3.8, 4) is 0 Å². The topological polar surface area (TPSA) is 75.3 Å². The molecule has 0 spiro atoms. The molecule has 3 aromatic rings. The normalized spacial score (nSPS) is 12.2. The molecule has 0 aliphatic heterocycles. The van der Waals surface area contributed by atoms with Gasteiger partial charge in [0.25, 0.3) is 15.9 Å². The van der Waals surface area contributed by atoms with E-state index in [0.29, 0.717) is 6.42 Å². The maximum atomic E-state index is 12.9. The summed E-state index contributed by atoms with van der Waals surface area (Å²) in [6.07, 6.45) is 0.702. The predicted octanol–water partition coefficient (Wildman–Crippen LogP) is 5.33. The Morgan fingerprint density at radius 1 is 1.00 bits per heavy atom. The van der Waals surface area contributed by atoms with Crippen molar-refractivity contribution in [2.45, 2.75) is 31.2 Å². The first kappa shape index (κ1) is 21.9. The summed E-state index contributed by atoms with van der Waals surface area (Å²) in [6.45, 7) is 3.86. The molecule has 3 rings (SSSR count). The van der Waals surface area contributed by atoms with Crippen LogP contribution >= 0.6 is 11.6 Å². The average molecular weight is 443 g/mol. The molecule has 1 amide bonds. The average Bonchev–Trinajstić information content (AvgIpc) is 2.74. The second-order valence-electron chi connectivity index (χ2n) is 6.96. The van der Waals surface area contributed by atoms with Crippen LogP contribution < -0.4 is 10.0 Å². The molecular weight excluding hydrogens is 420 g/mol. The van der Waals surface area contributed by atoms with Crippen molar-refractivity contribution in [1.82, 2.24) is 5.32 Å². The Morgan fingerprint density at radius 2 is 1.67 bits per heavy atom. The maximum Gasteiger partial charge on any atom is 0.261 e. The van der Waals surface area contributed by atoms with Crippen LogP contribution in [0, 0.1) is 6.92 Å². The van der Waals surface area contributed by atoms with Crippen LogP contribution in [-0.4, -0.2) is 14.3 Å². The van der Waals surface area contributed by atoms with Gasteiger partial charge in [0.05, 0.1) is 21.5 Å². The van der Waals surface area contributed by atoms with Crippen LogP contribution in [0.25, 0.3) is 0 Å². The first-order valence-electron chi connectivity index (χ1n) is 9.55. The van der Waals surface area contributed by atoms with Crippen LogP contribution in [0.5, 0.6) is 0 Å². The fraction of sp³-hybridized carbons (Fsp3) is 0.174. The third-order valence-corrected chi connectivity index (χ3v) is 6.44.